The topological polar surface area (TPSA) is 48.6 Å². The van der Waals surface area contributed by atoms with Crippen molar-refractivity contribution >= 4 is 11.6 Å². The molecule has 3 unspecified atom stereocenters. The summed E-state index contributed by atoms with van der Waals surface area (Å²) in [7, 11) is 5.93. The lowest BCUT2D eigenvalue weighted by Gasteiger charge is -2.27. The van der Waals surface area contributed by atoms with E-state index in [-0.39, 0.29) is 6.04 Å². The molecule has 0 spiro atoms. The smallest absolute Gasteiger partial charge is 0.118 e. The second kappa shape index (κ2) is 9.53. The average molecular weight is 389 g/mol. The number of hydrogen-bond acceptors (Lipinski definition) is 5. The highest BCUT2D eigenvalue weighted by molar-refractivity contribution is 6.30. The van der Waals surface area contributed by atoms with Crippen LogP contribution in [0.3, 0.4) is 0 Å². The Hall–Kier alpha value is -1.63. The minimum Gasteiger partial charge on any atom is -0.497 e. The third-order valence-electron chi connectivity index (χ3n) is 5.19. The van der Waals surface area contributed by atoms with Crippen LogP contribution in [0.1, 0.15) is 23.2 Å². The normalized spacial score (nSPS) is 20.8. The zero-order valence-corrected chi connectivity index (χ0v) is 17.0. The van der Waals surface area contributed by atoms with Gasteiger partial charge in [0.25, 0.3) is 0 Å². The first-order chi connectivity index (χ1) is 13.1. The fraction of sp³-hybridized carbons (Fsp3) is 0.429. The summed E-state index contributed by atoms with van der Waals surface area (Å²) in [5.74, 6) is 1.36. The molecule has 0 aromatic heterocycles. The first-order valence-corrected chi connectivity index (χ1v) is 9.71. The summed E-state index contributed by atoms with van der Waals surface area (Å²) < 4.78 is 5.27. The van der Waals surface area contributed by atoms with Gasteiger partial charge in [-0.1, -0.05) is 35.9 Å². The molecule has 3 atom stereocenters. The van der Waals surface area contributed by atoms with Gasteiger partial charge in [0.1, 0.15) is 5.75 Å². The first kappa shape index (κ1) is 20.1. The van der Waals surface area contributed by atoms with Crippen LogP contribution in [-0.2, 0) is 0 Å². The summed E-state index contributed by atoms with van der Waals surface area (Å²) in [5.41, 5.74) is 9.23. The number of rotatable bonds is 8. The van der Waals surface area contributed by atoms with Crippen LogP contribution in [0.2, 0.25) is 5.02 Å². The van der Waals surface area contributed by atoms with Crippen LogP contribution >= 0.6 is 11.6 Å². The minimum absolute atomic E-state index is 0.286. The van der Waals surface area contributed by atoms with E-state index in [0.717, 1.165) is 30.4 Å². The van der Waals surface area contributed by atoms with Gasteiger partial charge in [-0.15, -0.1) is 0 Å². The van der Waals surface area contributed by atoms with Gasteiger partial charge in [-0.3, -0.25) is 5.43 Å². The SMILES string of the molecule is COc1ccc(C(CNCC2CNNC2c2ccc(Cl)cc2)N(C)C)cc1. The van der Waals surface area contributed by atoms with E-state index in [4.69, 9.17) is 16.3 Å². The number of hydrogen-bond donors (Lipinski definition) is 3. The van der Waals surface area contributed by atoms with E-state index >= 15 is 0 Å². The predicted octanol–water partition coefficient (Wildman–Crippen LogP) is 3.01. The zero-order chi connectivity index (χ0) is 19.2. The minimum atomic E-state index is 0.286. The summed E-state index contributed by atoms with van der Waals surface area (Å²) >= 11 is 6.02. The molecule has 27 heavy (non-hydrogen) atoms. The summed E-state index contributed by atoms with van der Waals surface area (Å²) in [5, 5.41) is 4.44. The Morgan fingerprint density at radius 1 is 1.15 bits per heavy atom. The Morgan fingerprint density at radius 3 is 2.48 bits per heavy atom. The molecule has 0 bridgehead atoms. The molecular weight excluding hydrogens is 360 g/mol. The van der Waals surface area contributed by atoms with Crippen molar-refractivity contribution in [1.82, 2.24) is 21.1 Å². The molecule has 1 saturated heterocycles. The van der Waals surface area contributed by atoms with Gasteiger partial charge in [0.05, 0.1) is 13.2 Å². The van der Waals surface area contributed by atoms with Gasteiger partial charge in [-0.05, 0) is 49.5 Å². The number of hydrazine groups is 1. The van der Waals surface area contributed by atoms with E-state index in [2.05, 4.69) is 59.4 Å². The average Bonchev–Trinajstić information content (AvgIpc) is 3.14. The Kier molecular flexibility index (Phi) is 7.10. The maximum atomic E-state index is 6.02. The van der Waals surface area contributed by atoms with Crippen LogP contribution in [0, 0.1) is 5.92 Å². The van der Waals surface area contributed by atoms with Crippen molar-refractivity contribution in [2.75, 3.05) is 40.8 Å². The molecule has 146 valence electrons. The molecule has 0 aliphatic carbocycles. The summed E-state index contributed by atoms with van der Waals surface area (Å²) in [6.07, 6.45) is 0. The quantitative estimate of drug-likeness (QED) is 0.649. The summed E-state index contributed by atoms with van der Waals surface area (Å²) in [4.78, 5) is 2.25. The van der Waals surface area contributed by atoms with Crippen LogP contribution in [0.5, 0.6) is 5.75 Å². The molecule has 0 radical (unpaired) electrons. The molecule has 1 heterocycles. The van der Waals surface area contributed by atoms with E-state index in [9.17, 15) is 0 Å². The lowest BCUT2D eigenvalue weighted by atomic mass is 9.94. The third kappa shape index (κ3) is 5.21. The first-order valence-electron chi connectivity index (χ1n) is 9.33. The molecule has 2 aromatic rings. The third-order valence-corrected chi connectivity index (χ3v) is 5.44. The van der Waals surface area contributed by atoms with Crippen molar-refractivity contribution in [3.63, 3.8) is 0 Å². The Bertz CT molecular complexity index is 705. The molecule has 1 aliphatic heterocycles. The second-order valence-electron chi connectivity index (χ2n) is 7.23. The van der Waals surface area contributed by atoms with Crippen molar-refractivity contribution in [3.05, 3.63) is 64.7 Å². The molecule has 5 nitrogen and oxygen atoms in total. The van der Waals surface area contributed by atoms with Crippen LogP contribution in [0.4, 0.5) is 0 Å². The Morgan fingerprint density at radius 2 is 1.85 bits per heavy atom. The van der Waals surface area contributed by atoms with Gasteiger partial charge in [0.2, 0.25) is 0 Å². The summed E-state index contributed by atoms with van der Waals surface area (Å²) in [6, 6.07) is 17.0. The molecule has 3 N–H and O–H groups in total. The molecule has 1 aliphatic rings. The second-order valence-corrected chi connectivity index (χ2v) is 7.66. The molecule has 0 amide bonds. The van der Waals surface area contributed by atoms with Gasteiger partial charge in [0, 0.05) is 36.6 Å². The van der Waals surface area contributed by atoms with E-state index in [1.165, 1.54) is 11.1 Å². The number of methoxy groups -OCH3 is 1. The fourth-order valence-electron chi connectivity index (χ4n) is 3.58. The molecule has 2 aromatic carbocycles. The molecule has 3 rings (SSSR count). The fourth-order valence-corrected chi connectivity index (χ4v) is 3.71. The lowest BCUT2D eigenvalue weighted by Crippen LogP contribution is -2.35. The van der Waals surface area contributed by atoms with E-state index in [1.807, 2.05) is 24.3 Å². The van der Waals surface area contributed by atoms with E-state index in [0.29, 0.717) is 12.0 Å². The van der Waals surface area contributed by atoms with Gasteiger partial charge >= 0.3 is 0 Å². The van der Waals surface area contributed by atoms with Gasteiger partial charge in [-0.25, -0.2) is 5.43 Å². The number of likely N-dealkylation sites (N-methyl/N-ethyl adjacent to an activating group) is 1. The summed E-state index contributed by atoms with van der Waals surface area (Å²) in [6.45, 7) is 2.77. The number of benzene rings is 2. The number of halogens is 1. The molecular formula is C21H29ClN4O. The standard InChI is InChI=1S/C21H29ClN4O/c1-26(2)20(15-6-10-19(27-3)11-7-15)14-23-12-17-13-24-25-21(17)16-4-8-18(22)9-5-16/h4-11,17,20-21,23-25H,12-14H2,1-3H3. The number of nitrogens with one attached hydrogen (secondary N) is 3. The Labute approximate surface area is 167 Å². The number of ether oxygens (including phenoxy) is 1. The van der Waals surface area contributed by atoms with Crippen molar-refractivity contribution < 1.29 is 4.74 Å². The predicted molar refractivity (Wildman–Crippen MR) is 111 cm³/mol. The highest BCUT2D eigenvalue weighted by atomic mass is 35.5. The lowest BCUT2D eigenvalue weighted by molar-refractivity contribution is 0.282. The maximum absolute atomic E-state index is 6.02. The van der Waals surface area contributed by atoms with Crippen LogP contribution in [0.15, 0.2) is 48.5 Å². The highest BCUT2D eigenvalue weighted by Gasteiger charge is 2.28. The van der Waals surface area contributed by atoms with Crippen molar-refractivity contribution in [2.24, 2.45) is 5.92 Å². The molecule has 1 fully saturated rings. The molecule has 6 heteroatoms. The van der Waals surface area contributed by atoms with E-state index < -0.39 is 0 Å². The van der Waals surface area contributed by atoms with Crippen molar-refractivity contribution in [2.45, 2.75) is 12.1 Å². The zero-order valence-electron chi connectivity index (χ0n) is 16.2. The van der Waals surface area contributed by atoms with E-state index in [1.54, 1.807) is 7.11 Å². The van der Waals surface area contributed by atoms with Crippen LogP contribution in [-0.4, -0.2) is 45.7 Å². The Balaban J connectivity index is 1.58. The van der Waals surface area contributed by atoms with Gasteiger partial charge in [0.15, 0.2) is 0 Å². The maximum Gasteiger partial charge on any atom is 0.118 e. The highest BCUT2D eigenvalue weighted by Crippen LogP contribution is 2.26. The van der Waals surface area contributed by atoms with Gasteiger partial charge < -0.3 is 15.0 Å². The largest absolute Gasteiger partial charge is 0.497 e. The number of nitrogens with zero attached hydrogens (tertiary/aromatic N) is 1. The van der Waals surface area contributed by atoms with Crippen LogP contribution < -0.4 is 20.9 Å². The van der Waals surface area contributed by atoms with Crippen molar-refractivity contribution in [1.29, 1.82) is 0 Å². The van der Waals surface area contributed by atoms with Crippen molar-refractivity contribution in [3.8, 4) is 5.75 Å². The molecule has 0 saturated carbocycles. The van der Waals surface area contributed by atoms with Gasteiger partial charge in [-0.2, -0.15) is 0 Å². The van der Waals surface area contributed by atoms with Crippen LogP contribution in [0.25, 0.3) is 0 Å². The monoisotopic (exact) mass is 388 g/mol.